The lowest BCUT2D eigenvalue weighted by Gasteiger charge is -2.11. The van der Waals surface area contributed by atoms with E-state index in [9.17, 15) is 8.42 Å². The molecule has 0 radical (unpaired) electrons. The molecule has 0 unspecified atom stereocenters. The minimum Gasteiger partial charge on any atom is -0.320 e. The molecule has 0 atom stereocenters. The van der Waals surface area contributed by atoms with Crippen molar-refractivity contribution in [1.82, 2.24) is 9.62 Å². The third kappa shape index (κ3) is 5.31. The number of nitrogens with zero attached hydrogens (tertiary/aromatic N) is 1. The van der Waals surface area contributed by atoms with E-state index in [2.05, 4.69) is 16.6 Å². The third-order valence-electron chi connectivity index (χ3n) is 2.58. The van der Waals surface area contributed by atoms with Crippen molar-refractivity contribution in [1.29, 1.82) is 0 Å². The quantitative estimate of drug-likeness (QED) is 0.582. The first-order valence-electron chi connectivity index (χ1n) is 6.39. The first-order valence-corrected chi connectivity index (χ1v) is 7.88. The van der Waals surface area contributed by atoms with E-state index in [0.29, 0.717) is 12.1 Å². The first kappa shape index (κ1) is 16.7. The van der Waals surface area contributed by atoms with Gasteiger partial charge >= 0.3 is 0 Å². The molecule has 5 nitrogen and oxygen atoms in total. The van der Waals surface area contributed by atoms with Crippen molar-refractivity contribution in [2.45, 2.75) is 11.3 Å². The lowest BCUT2D eigenvalue weighted by Crippen LogP contribution is -2.27. The molecule has 0 aliphatic rings. The summed E-state index contributed by atoms with van der Waals surface area (Å²) in [6.07, 6.45) is 0.753. The van der Waals surface area contributed by atoms with Crippen LogP contribution in [-0.4, -0.2) is 47.0 Å². The van der Waals surface area contributed by atoms with E-state index in [4.69, 9.17) is 5.73 Å². The molecule has 0 amide bonds. The van der Waals surface area contributed by atoms with Crippen LogP contribution in [0, 0.1) is 11.8 Å². The highest BCUT2D eigenvalue weighted by Gasteiger charge is 2.16. The van der Waals surface area contributed by atoms with Gasteiger partial charge in [0.25, 0.3) is 0 Å². The van der Waals surface area contributed by atoms with Crippen LogP contribution in [0.3, 0.4) is 0 Å². The fraction of sp³-hybridized carbons (Fsp3) is 0.429. The molecule has 3 N–H and O–H groups in total. The predicted molar refractivity (Wildman–Crippen MR) is 80.7 cm³/mol. The standard InChI is InChI=1S/C14H21N3O2S/c1-17(2)12-6-11-16-20(18,19)14-9-4-3-7-13(14)8-5-10-15/h3-4,7,9,16H,6,10-12,15H2,1-2H3. The van der Waals surface area contributed by atoms with Crippen molar-refractivity contribution in [2.24, 2.45) is 5.73 Å². The predicted octanol–water partition coefficient (Wildman–Crippen LogP) is 0.227. The lowest BCUT2D eigenvalue weighted by atomic mass is 10.2. The largest absolute Gasteiger partial charge is 0.320 e. The number of benzene rings is 1. The zero-order valence-electron chi connectivity index (χ0n) is 11.9. The minimum atomic E-state index is -3.53. The number of hydrogen-bond acceptors (Lipinski definition) is 4. The fourth-order valence-electron chi connectivity index (χ4n) is 1.63. The normalized spacial score (nSPS) is 11.2. The van der Waals surface area contributed by atoms with Crippen LogP contribution >= 0.6 is 0 Å². The molecule has 0 saturated heterocycles. The molecule has 110 valence electrons. The first-order chi connectivity index (χ1) is 9.47. The average molecular weight is 295 g/mol. The van der Waals surface area contributed by atoms with Crippen LogP contribution in [-0.2, 0) is 10.0 Å². The Labute approximate surface area is 121 Å². The molecule has 1 aromatic rings. The highest BCUT2D eigenvalue weighted by atomic mass is 32.2. The molecule has 0 aliphatic heterocycles. The van der Waals surface area contributed by atoms with E-state index >= 15 is 0 Å². The SMILES string of the molecule is CN(C)CCCNS(=O)(=O)c1ccccc1C#CCN. The number of nitrogens with two attached hydrogens (primary N) is 1. The van der Waals surface area contributed by atoms with Gasteiger partial charge in [-0.1, -0.05) is 24.0 Å². The van der Waals surface area contributed by atoms with Crippen LogP contribution in [0.4, 0.5) is 0 Å². The van der Waals surface area contributed by atoms with Crippen LogP contribution < -0.4 is 10.5 Å². The van der Waals surface area contributed by atoms with Gasteiger partial charge in [0.15, 0.2) is 0 Å². The molecule has 0 fully saturated rings. The molecule has 1 aromatic carbocycles. The van der Waals surface area contributed by atoms with Crippen molar-refractivity contribution in [3.8, 4) is 11.8 Å². The van der Waals surface area contributed by atoms with Gasteiger partial charge in [-0.2, -0.15) is 0 Å². The van der Waals surface area contributed by atoms with Crippen molar-refractivity contribution < 1.29 is 8.42 Å². The summed E-state index contributed by atoms with van der Waals surface area (Å²) in [5.74, 6) is 5.46. The minimum absolute atomic E-state index is 0.199. The number of sulfonamides is 1. The van der Waals surface area contributed by atoms with E-state index < -0.39 is 10.0 Å². The molecule has 0 aliphatic carbocycles. The second kappa shape index (κ2) is 8.02. The Bertz CT molecular complexity index is 586. The van der Waals surface area contributed by atoms with Gasteiger partial charge < -0.3 is 10.6 Å². The molecule has 20 heavy (non-hydrogen) atoms. The highest BCUT2D eigenvalue weighted by molar-refractivity contribution is 7.89. The van der Waals surface area contributed by atoms with Crippen LogP contribution in [0.25, 0.3) is 0 Å². The Balaban J connectivity index is 2.82. The molecular formula is C14H21N3O2S. The summed E-state index contributed by atoms with van der Waals surface area (Å²) in [6, 6.07) is 6.67. The van der Waals surface area contributed by atoms with E-state index in [-0.39, 0.29) is 11.4 Å². The maximum absolute atomic E-state index is 12.2. The second-order valence-electron chi connectivity index (χ2n) is 4.56. The van der Waals surface area contributed by atoms with Crippen molar-refractivity contribution in [3.63, 3.8) is 0 Å². The average Bonchev–Trinajstić information content (AvgIpc) is 2.41. The van der Waals surface area contributed by atoms with Crippen molar-refractivity contribution in [2.75, 3.05) is 33.7 Å². The van der Waals surface area contributed by atoms with Crippen LogP contribution in [0.15, 0.2) is 29.2 Å². The third-order valence-corrected chi connectivity index (χ3v) is 4.10. The summed E-state index contributed by atoms with van der Waals surface area (Å²) >= 11 is 0. The number of rotatable bonds is 6. The summed E-state index contributed by atoms with van der Waals surface area (Å²) in [5.41, 5.74) is 5.79. The molecule has 0 aromatic heterocycles. The number of hydrogen-bond donors (Lipinski definition) is 2. The molecule has 6 heteroatoms. The van der Waals surface area contributed by atoms with Gasteiger partial charge in [0.1, 0.15) is 0 Å². The van der Waals surface area contributed by atoms with Gasteiger partial charge in [-0.15, -0.1) is 0 Å². The summed E-state index contributed by atoms with van der Waals surface area (Å²) in [5, 5.41) is 0. The van der Waals surface area contributed by atoms with E-state index in [0.717, 1.165) is 13.0 Å². The maximum atomic E-state index is 12.2. The van der Waals surface area contributed by atoms with Crippen molar-refractivity contribution in [3.05, 3.63) is 29.8 Å². The van der Waals surface area contributed by atoms with Gasteiger partial charge in [-0.05, 0) is 39.2 Å². The topological polar surface area (TPSA) is 75.4 Å². The Kier molecular flexibility index (Phi) is 6.68. The zero-order valence-corrected chi connectivity index (χ0v) is 12.7. The molecule has 0 spiro atoms. The van der Waals surface area contributed by atoms with Gasteiger partial charge in [0.2, 0.25) is 10.0 Å². The summed E-state index contributed by atoms with van der Waals surface area (Å²) < 4.78 is 27.1. The summed E-state index contributed by atoms with van der Waals surface area (Å²) in [6.45, 7) is 1.43. The fourth-order valence-corrected chi connectivity index (χ4v) is 2.86. The second-order valence-corrected chi connectivity index (χ2v) is 6.29. The Morgan fingerprint density at radius 1 is 1.30 bits per heavy atom. The monoisotopic (exact) mass is 295 g/mol. The van der Waals surface area contributed by atoms with E-state index in [1.165, 1.54) is 0 Å². The molecule has 0 saturated carbocycles. The van der Waals surface area contributed by atoms with Gasteiger partial charge in [-0.3, -0.25) is 0 Å². The Hall–Kier alpha value is -1.39. The summed E-state index contributed by atoms with van der Waals surface area (Å²) in [7, 11) is 0.370. The maximum Gasteiger partial charge on any atom is 0.241 e. The van der Waals surface area contributed by atoms with Crippen LogP contribution in [0.2, 0.25) is 0 Å². The Morgan fingerprint density at radius 3 is 2.65 bits per heavy atom. The lowest BCUT2D eigenvalue weighted by molar-refractivity contribution is 0.400. The van der Waals surface area contributed by atoms with Crippen LogP contribution in [0.1, 0.15) is 12.0 Å². The smallest absolute Gasteiger partial charge is 0.241 e. The van der Waals surface area contributed by atoms with Crippen LogP contribution in [0.5, 0.6) is 0 Å². The van der Waals surface area contributed by atoms with Gasteiger partial charge in [0.05, 0.1) is 11.4 Å². The van der Waals surface area contributed by atoms with Gasteiger partial charge in [-0.25, -0.2) is 13.1 Å². The van der Waals surface area contributed by atoms with E-state index in [1.54, 1.807) is 24.3 Å². The Morgan fingerprint density at radius 2 is 2.00 bits per heavy atom. The summed E-state index contributed by atoms with van der Waals surface area (Å²) in [4.78, 5) is 2.21. The molecular weight excluding hydrogens is 274 g/mol. The molecule has 0 heterocycles. The van der Waals surface area contributed by atoms with Gasteiger partial charge in [0, 0.05) is 12.1 Å². The van der Waals surface area contributed by atoms with E-state index in [1.807, 2.05) is 19.0 Å². The molecule has 1 rings (SSSR count). The van der Waals surface area contributed by atoms with Crippen molar-refractivity contribution >= 4 is 10.0 Å². The highest BCUT2D eigenvalue weighted by Crippen LogP contribution is 2.14. The molecule has 0 bridgehead atoms. The zero-order chi connectivity index (χ0) is 15.0. The number of nitrogens with one attached hydrogen (secondary N) is 1.